The maximum absolute atomic E-state index is 12.3. The van der Waals surface area contributed by atoms with Gasteiger partial charge < -0.3 is 14.7 Å². The Balaban J connectivity index is 2.70. The lowest BCUT2D eigenvalue weighted by atomic mass is 10.0. The van der Waals surface area contributed by atoms with E-state index >= 15 is 0 Å². The SMILES string of the molecule is C=C(C)CC(C)C(=O)N(C)c1ccc(OCC(=O)O)cc1. The highest BCUT2D eigenvalue weighted by molar-refractivity contribution is 5.94. The molecule has 5 nitrogen and oxygen atoms in total. The van der Waals surface area contributed by atoms with Crippen LogP contribution < -0.4 is 9.64 Å². The maximum atomic E-state index is 12.3. The minimum absolute atomic E-state index is 0.0113. The molecule has 0 aromatic heterocycles. The quantitative estimate of drug-likeness (QED) is 0.784. The molecular formula is C16H21NO4. The summed E-state index contributed by atoms with van der Waals surface area (Å²) in [4.78, 5) is 24.2. The molecule has 0 aliphatic carbocycles. The van der Waals surface area contributed by atoms with E-state index in [4.69, 9.17) is 9.84 Å². The van der Waals surface area contributed by atoms with Gasteiger partial charge in [-0.2, -0.15) is 0 Å². The Morgan fingerprint density at radius 3 is 2.38 bits per heavy atom. The Bertz CT molecular complexity index is 522. The Kier molecular flexibility index (Phi) is 5.96. The number of hydrogen-bond donors (Lipinski definition) is 1. The highest BCUT2D eigenvalue weighted by Gasteiger charge is 2.18. The topological polar surface area (TPSA) is 66.8 Å². The lowest BCUT2D eigenvalue weighted by molar-refractivity contribution is -0.139. The summed E-state index contributed by atoms with van der Waals surface area (Å²) in [7, 11) is 1.71. The van der Waals surface area contributed by atoms with E-state index in [0.717, 1.165) is 11.3 Å². The van der Waals surface area contributed by atoms with Crippen LogP contribution in [0, 0.1) is 5.92 Å². The first kappa shape index (κ1) is 16.8. The molecule has 1 N–H and O–H groups in total. The van der Waals surface area contributed by atoms with Crippen LogP contribution in [0.1, 0.15) is 20.3 Å². The van der Waals surface area contributed by atoms with Crippen LogP contribution in [0.2, 0.25) is 0 Å². The molecule has 0 aliphatic heterocycles. The molecular weight excluding hydrogens is 270 g/mol. The predicted molar refractivity (Wildman–Crippen MR) is 81.6 cm³/mol. The van der Waals surface area contributed by atoms with Crippen molar-refractivity contribution in [3.8, 4) is 5.75 Å². The van der Waals surface area contributed by atoms with Gasteiger partial charge in [-0.1, -0.05) is 12.5 Å². The molecule has 0 fully saturated rings. The second kappa shape index (κ2) is 7.47. The third kappa shape index (κ3) is 5.30. The number of hydrogen-bond acceptors (Lipinski definition) is 3. The average Bonchev–Trinajstić information content (AvgIpc) is 2.43. The van der Waals surface area contributed by atoms with Gasteiger partial charge in [-0.25, -0.2) is 4.79 Å². The van der Waals surface area contributed by atoms with Gasteiger partial charge in [-0.05, 0) is 37.6 Å². The molecule has 21 heavy (non-hydrogen) atoms. The Hall–Kier alpha value is -2.30. The molecule has 0 spiro atoms. The molecule has 0 saturated carbocycles. The van der Waals surface area contributed by atoms with Crippen molar-refractivity contribution < 1.29 is 19.4 Å². The van der Waals surface area contributed by atoms with Gasteiger partial charge >= 0.3 is 5.97 Å². The minimum atomic E-state index is -1.03. The van der Waals surface area contributed by atoms with Gasteiger partial charge in [-0.3, -0.25) is 4.79 Å². The first-order valence-electron chi connectivity index (χ1n) is 6.68. The lowest BCUT2D eigenvalue weighted by Gasteiger charge is -2.22. The van der Waals surface area contributed by atoms with Crippen molar-refractivity contribution in [2.75, 3.05) is 18.6 Å². The number of carboxylic acid groups (broad SMARTS) is 1. The smallest absolute Gasteiger partial charge is 0.341 e. The van der Waals surface area contributed by atoms with Crippen molar-refractivity contribution in [2.45, 2.75) is 20.3 Å². The molecule has 1 amide bonds. The summed E-state index contributed by atoms with van der Waals surface area (Å²) < 4.78 is 5.05. The van der Waals surface area contributed by atoms with E-state index in [-0.39, 0.29) is 18.4 Å². The summed E-state index contributed by atoms with van der Waals surface area (Å²) in [5.41, 5.74) is 1.71. The van der Waals surface area contributed by atoms with E-state index in [9.17, 15) is 9.59 Å². The van der Waals surface area contributed by atoms with Crippen LogP contribution in [-0.4, -0.2) is 30.6 Å². The number of anilines is 1. The number of aliphatic carboxylic acids is 1. The van der Waals surface area contributed by atoms with Gasteiger partial charge in [0.05, 0.1) is 0 Å². The summed E-state index contributed by atoms with van der Waals surface area (Å²) in [6.07, 6.45) is 0.656. The minimum Gasteiger partial charge on any atom is -0.482 e. The van der Waals surface area contributed by atoms with Crippen molar-refractivity contribution in [2.24, 2.45) is 5.92 Å². The van der Waals surface area contributed by atoms with Gasteiger partial charge in [0.15, 0.2) is 6.61 Å². The second-order valence-corrected chi connectivity index (χ2v) is 5.14. The summed E-state index contributed by atoms with van der Waals surface area (Å²) in [5, 5.41) is 8.54. The van der Waals surface area contributed by atoms with Gasteiger partial charge in [0, 0.05) is 18.7 Å². The van der Waals surface area contributed by atoms with Crippen molar-refractivity contribution in [1.29, 1.82) is 0 Å². The Morgan fingerprint density at radius 2 is 1.90 bits per heavy atom. The van der Waals surface area contributed by atoms with Gasteiger partial charge in [-0.15, -0.1) is 6.58 Å². The normalized spacial score (nSPS) is 11.6. The van der Waals surface area contributed by atoms with Crippen molar-refractivity contribution in [3.05, 3.63) is 36.4 Å². The number of carbonyl (C=O) groups is 2. The van der Waals surface area contributed by atoms with E-state index < -0.39 is 5.97 Å². The molecule has 1 atom stereocenters. The number of ether oxygens (including phenoxy) is 1. The van der Waals surface area contributed by atoms with Gasteiger partial charge in [0.2, 0.25) is 5.91 Å². The van der Waals surface area contributed by atoms with E-state index in [2.05, 4.69) is 6.58 Å². The molecule has 5 heteroatoms. The van der Waals surface area contributed by atoms with Crippen molar-refractivity contribution >= 4 is 17.6 Å². The van der Waals surface area contributed by atoms with E-state index in [1.807, 2.05) is 13.8 Å². The molecule has 114 valence electrons. The number of carboxylic acids is 1. The third-order valence-corrected chi connectivity index (χ3v) is 2.99. The van der Waals surface area contributed by atoms with Crippen LogP contribution in [-0.2, 0) is 9.59 Å². The van der Waals surface area contributed by atoms with Crippen LogP contribution in [0.5, 0.6) is 5.75 Å². The van der Waals surface area contributed by atoms with Crippen LogP contribution in [0.3, 0.4) is 0 Å². The highest BCUT2D eigenvalue weighted by atomic mass is 16.5. The molecule has 1 unspecified atom stereocenters. The summed E-state index contributed by atoms with van der Waals surface area (Å²) in [6, 6.07) is 6.74. The summed E-state index contributed by atoms with van der Waals surface area (Å²) in [5.74, 6) is -0.690. The molecule has 0 aliphatic rings. The van der Waals surface area contributed by atoms with Crippen molar-refractivity contribution in [1.82, 2.24) is 0 Å². The lowest BCUT2D eigenvalue weighted by Crippen LogP contribution is -2.31. The zero-order valence-corrected chi connectivity index (χ0v) is 12.6. The molecule has 1 aromatic carbocycles. The molecule has 1 rings (SSSR count). The van der Waals surface area contributed by atoms with Crippen LogP contribution in [0.15, 0.2) is 36.4 Å². The fourth-order valence-corrected chi connectivity index (χ4v) is 1.98. The number of amides is 1. The predicted octanol–water partition coefficient (Wildman–Crippen LogP) is 2.72. The fourth-order valence-electron chi connectivity index (χ4n) is 1.98. The summed E-state index contributed by atoms with van der Waals surface area (Å²) >= 11 is 0. The highest BCUT2D eigenvalue weighted by Crippen LogP contribution is 2.21. The Morgan fingerprint density at radius 1 is 1.33 bits per heavy atom. The largest absolute Gasteiger partial charge is 0.482 e. The van der Waals surface area contributed by atoms with Crippen LogP contribution in [0.25, 0.3) is 0 Å². The zero-order valence-electron chi connectivity index (χ0n) is 12.6. The van der Waals surface area contributed by atoms with Crippen molar-refractivity contribution in [3.63, 3.8) is 0 Å². The number of nitrogens with zero attached hydrogens (tertiary/aromatic N) is 1. The van der Waals surface area contributed by atoms with E-state index in [1.165, 1.54) is 0 Å². The van der Waals surface area contributed by atoms with Crippen LogP contribution >= 0.6 is 0 Å². The first-order valence-corrected chi connectivity index (χ1v) is 6.68. The second-order valence-electron chi connectivity index (χ2n) is 5.14. The zero-order chi connectivity index (χ0) is 16.0. The number of allylic oxidation sites excluding steroid dienone is 1. The maximum Gasteiger partial charge on any atom is 0.341 e. The molecule has 0 radical (unpaired) electrons. The first-order chi connectivity index (χ1) is 9.81. The summed E-state index contributed by atoms with van der Waals surface area (Å²) in [6.45, 7) is 7.21. The number of rotatable bonds is 7. The molecule has 0 heterocycles. The van der Waals surface area contributed by atoms with Crippen LogP contribution in [0.4, 0.5) is 5.69 Å². The standard InChI is InChI=1S/C16H21NO4/c1-11(2)9-12(3)16(20)17(4)13-5-7-14(8-6-13)21-10-15(18)19/h5-8,12H,1,9-10H2,2-4H3,(H,18,19). The molecule has 1 aromatic rings. The van der Waals surface area contributed by atoms with Gasteiger partial charge in [0.1, 0.15) is 5.75 Å². The third-order valence-electron chi connectivity index (χ3n) is 2.99. The number of carbonyl (C=O) groups excluding carboxylic acids is 1. The average molecular weight is 291 g/mol. The van der Waals surface area contributed by atoms with E-state index in [1.54, 1.807) is 36.2 Å². The fraction of sp³-hybridized carbons (Fsp3) is 0.375. The number of benzene rings is 1. The molecule has 0 saturated heterocycles. The monoisotopic (exact) mass is 291 g/mol. The van der Waals surface area contributed by atoms with Gasteiger partial charge in [0.25, 0.3) is 0 Å². The molecule has 0 bridgehead atoms. The van der Waals surface area contributed by atoms with E-state index in [0.29, 0.717) is 12.2 Å². The Labute approximate surface area is 124 Å².